The molecule has 0 aromatic heterocycles. The average Bonchev–Trinajstić information content (AvgIpc) is 2.04. The summed E-state index contributed by atoms with van der Waals surface area (Å²) in [7, 11) is 0. The molecular weight excluding hydrogens is 219 g/mol. The lowest BCUT2D eigenvalue weighted by molar-refractivity contribution is 0.369. The molecule has 1 rings (SSSR count). The Labute approximate surface area is 88.6 Å². The van der Waals surface area contributed by atoms with Crippen molar-refractivity contribution >= 4 is 18.5 Å². The quantitative estimate of drug-likeness (QED) is 0.767. The van der Waals surface area contributed by atoms with Crippen molar-refractivity contribution in [2.75, 3.05) is 0 Å². The van der Waals surface area contributed by atoms with Gasteiger partial charge in [0.05, 0.1) is 0 Å². The van der Waals surface area contributed by atoms with Gasteiger partial charge in [0.15, 0.2) is 0 Å². The molecule has 3 nitrogen and oxygen atoms in total. The van der Waals surface area contributed by atoms with Crippen molar-refractivity contribution in [3.8, 4) is 5.75 Å². The van der Waals surface area contributed by atoms with Crippen molar-refractivity contribution in [1.29, 1.82) is 0 Å². The Morgan fingerprint density at radius 2 is 1.71 bits per heavy atom. The summed E-state index contributed by atoms with van der Waals surface area (Å²) in [5.41, 5.74) is 3.10. The van der Waals surface area contributed by atoms with E-state index in [0.717, 1.165) is 16.7 Å². The summed E-state index contributed by atoms with van der Waals surface area (Å²) in [5.74, 6) is 0.446. The first-order chi connectivity index (χ1) is 6.31. The number of hydrogen-bond donors (Lipinski definition) is 2. The van der Waals surface area contributed by atoms with Crippen LogP contribution in [0.5, 0.6) is 5.75 Å². The SMILES string of the molecule is Cc1ccc(OP(O)(O)=S)c(C)c1C. The maximum Gasteiger partial charge on any atom is 0.375 e. The van der Waals surface area contributed by atoms with E-state index in [0.29, 0.717) is 5.75 Å². The van der Waals surface area contributed by atoms with E-state index in [1.165, 1.54) is 0 Å². The predicted molar refractivity (Wildman–Crippen MR) is 60.0 cm³/mol. The number of aryl methyl sites for hydroxylation is 1. The highest BCUT2D eigenvalue weighted by Crippen LogP contribution is 2.40. The van der Waals surface area contributed by atoms with Crippen molar-refractivity contribution < 1.29 is 14.3 Å². The van der Waals surface area contributed by atoms with Gasteiger partial charge in [-0.05, 0) is 43.5 Å². The minimum atomic E-state index is -3.62. The maximum absolute atomic E-state index is 9.01. The second-order valence-corrected chi connectivity index (χ2v) is 5.80. The van der Waals surface area contributed by atoms with E-state index in [4.69, 9.17) is 14.3 Å². The molecular formula is C9H13O3PS. The lowest BCUT2D eigenvalue weighted by Crippen LogP contribution is -1.95. The van der Waals surface area contributed by atoms with Crippen LogP contribution in [0.2, 0.25) is 0 Å². The Morgan fingerprint density at radius 3 is 2.21 bits per heavy atom. The molecule has 0 aliphatic carbocycles. The first-order valence-electron chi connectivity index (χ1n) is 4.13. The largest absolute Gasteiger partial charge is 0.424 e. The normalized spacial score (nSPS) is 11.5. The van der Waals surface area contributed by atoms with E-state index >= 15 is 0 Å². The zero-order chi connectivity index (χ0) is 10.9. The smallest absolute Gasteiger partial charge is 0.375 e. The van der Waals surface area contributed by atoms with Crippen LogP contribution in [0.1, 0.15) is 16.7 Å². The maximum atomic E-state index is 9.01. The predicted octanol–water partition coefficient (Wildman–Crippen LogP) is 2.20. The second kappa shape index (κ2) is 3.99. The molecule has 0 atom stereocenters. The monoisotopic (exact) mass is 232 g/mol. The molecule has 0 heterocycles. The third-order valence-corrected chi connectivity index (χ3v) is 2.88. The van der Waals surface area contributed by atoms with E-state index in [1.807, 2.05) is 26.8 Å². The first-order valence-corrected chi connectivity index (χ1v) is 6.76. The summed E-state index contributed by atoms with van der Waals surface area (Å²) in [6.07, 6.45) is 0. The molecule has 1 aromatic carbocycles. The van der Waals surface area contributed by atoms with Crippen molar-refractivity contribution in [1.82, 2.24) is 0 Å². The van der Waals surface area contributed by atoms with Gasteiger partial charge in [-0.2, -0.15) is 0 Å². The fourth-order valence-electron chi connectivity index (χ4n) is 1.16. The second-order valence-electron chi connectivity index (χ2n) is 3.21. The summed E-state index contributed by atoms with van der Waals surface area (Å²) >= 11 is 4.40. The van der Waals surface area contributed by atoms with Gasteiger partial charge in [0.1, 0.15) is 5.75 Å². The van der Waals surface area contributed by atoms with Gasteiger partial charge < -0.3 is 14.3 Å². The van der Waals surface area contributed by atoms with Gasteiger partial charge in [-0.15, -0.1) is 0 Å². The van der Waals surface area contributed by atoms with Gasteiger partial charge in [-0.3, -0.25) is 0 Å². The lowest BCUT2D eigenvalue weighted by atomic mass is 10.0. The van der Waals surface area contributed by atoms with Crippen LogP contribution in [0.25, 0.3) is 0 Å². The molecule has 0 bridgehead atoms. The topological polar surface area (TPSA) is 49.7 Å². The lowest BCUT2D eigenvalue weighted by Gasteiger charge is -2.14. The number of benzene rings is 1. The summed E-state index contributed by atoms with van der Waals surface area (Å²) in [6.45, 7) is 2.19. The highest BCUT2D eigenvalue weighted by atomic mass is 32.5. The molecule has 0 saturated carbocycles. The Morgan fingerprint density at radius 1 is 1.14 bits per heavy atom. The molecule has 0 unspecified atom stereocenters. The highest BCUT2D eigenvalue weighted by Gasteiger charge is 2.13. The Kier molecular flexibility index (Phi) is 3.32. The van der Waals surface area contributed by atoms with E-state index in [2.05, 4.69) is 11.8 Å². The van der Waals surface area contributed by atoms with Gasteiger partial charge in [0, 0.05) is 11.8 Å². The van der Waals surface area contributed by atoms with Crippen molar-refractivity contribution in [2.24, 2.45) is 0 Å². The van der Waals surface area contributed by atoms with Gasteiger partial charge in [-0.25, -0.2) is 0 Å². The molecule has 0 amide bonds. The van der Waals surface area contributed by atoms with Crippen LogP contribution in [0.4, 0.5) is 0 Å². The Bertz CT molecular complexity index is 397. The van der Waals surface area contributed by atoms with E-state index < -0.39 is 6.72 Å². The average molecular weight is 232 g/mol. The van der Waals surface area contributed by atoms with Gasteiger partial charge >= 0.3 is 6.72 Å². The van der Waals surface area contributed by atoms with Gasteiger partial charge in [0.25, 0.3) is 0 Å². The van der Waals surface area contributed by atoms with Crippen molar-refractivity contribution in [2.45, 2.75) is 20.8 Å². The molecule has 0 fully saturated rings. The number of hydrogen-bond acceptors (Lipinski definition) is 2. The minimum Gasteiger partial charge on any atom is -0.424 e. The highest BCUT2D eigenvalue weighted by molar-refractivity contribution is 8.06. The molecule has 0 aliphatic rings. The Hall–Kier alpha value is -0.410. The summed E-state index contributed by atoms with van der Waals surface area (Å²) < 4.78 is 4.91. The van der Waals surface area contributed by atoms with Gasteiger partial charge in [0.2, 0.25) is 0 Å². The fraction of sp³-hybridized carbons (Fsp3) is 0.333. The summed E-state index contributed by atoms with van der Waals surface area (Å²) in [4.78, 5) is 18.0. The molecule has 5 heteroatoms. The van der Waals surface area contributed by atoms with Crippen molar-refractivity contribution in [3.05, 3.63) is 28.8 Å². The zero-order valence-corrected chi connectivity index (χ0v) is 10.0. The van der Waals surface area contributed by atoms with E-state index in [9.17, 15) is 0 Å². The van der Waals surface area contributed by atoms with Gasteiger partial charge in [-0.1, -0.05) is 6.07 Å². The van der Waals surface area contributed by atoms with Crippen LogP contribution in [-0.2, 0) is 11.8 Å². The molecule has 14 heavy (non-hydrogen) atoms. The fourth-order valence-corrected chi connectivity index (χ4v) is 1.85. The molecule has 0 aliphatic heterocycles. The molecule has 1 aromatic rings. The third kappa shape index (κ3) is 2.79. The first kappa shape index (κ1) is 11.7. The number of rotatable bonds is 2. The molecule has 0 saturated heterocycles. The molecule has 2 N–H and O–H groups in total. The molecule has 78 valence electrons. The van der Waals surface area contributed by atoms with E-state index in [1.54, 1.807) is 6.07 Å². The van der Waals surface area contributed by atoms with Crippen molar-refractivity contribution in [3.63, 3.8) is 0 Å². The third-order valence-electron chi connectivity index (χ3n) is 2.23. The van der Waals surface area contributed by atoms with Crippen LogP contribution in [0.15, 0.2) is 12.1 Å². The standard InChI is InChI=1S/C9H13O3PS/c1-6-4-5-9(8(3)7(6)2)12-13(10,11)14/h4-5H,1-3H3,(H2,10,11,14). The summed E-state index contributed by atoms with van der Waals surface area (Å²) in [5, 5.41) is 0. The Balaban J connectivity index is 3.12. The van der Waals surface area contributed by atoms with Crippen LogP contribution >= 0.6 is 6.72 Å². The minimum absolute atomic E-state index is 0.446. The zero-order valence-electron chi connectivity index (χ0n) is 8.31. The van der Waals surface area contributed by atoms with Crippen LogP contribution in [-0.4, -0.2) is 9.79 Å². The summed E-state index contributed by atoms with van der Waals surface area (Å²) in [6, 6.07) is 3.56. The van der Waals surface area contributed by atoms with E-state index in [-0.39, 0.29) is 0 Å². The molecule has 0 spiro atoms. The van der Waals surface area contributed by atoms with Crippen LogP contribution < -0.4 is 4.52 Å². The molecule has 0 radical (unpaired) electrons. The van der Waals surface area contributed by atoms with Crippen LogP contribution in [0, 0.1) is 20.8 Å². The van der Waals surface area contributed by atoms with Crippen LogP contribution in [0.3, 0.4) is 0 Å².